The zero-order valence-electron chi connectivity index (χ0n) is 19.5. The van der Waals surface area contributed by atoms with Gasteiger partial charge < -0.3 is 15.0 Å². The van der Waals surface area contributed by atoms with Crippen LogP contribution >= 0.6 is 11.8 Å². The molecule has 1 aliphatic heterocycles. The Hall–Kier alpha value is -2.30. The van der Waals surface area contributed by atoms with Crippen LogP contribution in [0.15, 0.2) is 51.4 Å². The number of likely N-dealkylation sites (N-methyl/N-ethyl adjacent to an activating group) is 1. The van der Waals surface area contributed by atoms with Crippen molar-refractivity contribution >= 4 is 30.8 Å². The van der Waals surface area contributed by atoms with Gasteiger partial charge in [0.25, 0.3) is 5.76 Å². The number of rotatable bonds is 13. The van der Waals surface area contributed by atoms with Crippen molar-refractivity contribution in [2.24, 2.45) is 15.4 Å². The van der Waals surface area contributed by atoms with Gasteiger partial charge in [-0.2, -0.15) is 8.78 Å². The van der Waals surface area contributed by atoms with Crippen LogP contribution in [0, 0.1) is 5.41 Å². The lowest BCUT2D eigenvalue weighted by molar-refractivity contribution is -0.135. The summed E-state index contributed by atoms with van der Waals surface area (Å²) in [5, 5.41) is 3.03. The zero-order chi connectivity index (χ0) is 24.4. The van der Waals surface area contributed by atoms with Crippen molar-refractivity contribution in [1.29, 1.82) is 0 Å². The first kappa shape index (κ1) is 26.3. The number of allylic oxidation sites excluding steroid dienone is 1. The summed E-state index contributed by atoms with van der Waals surface area (Å²) < 4.78 is 30.9. The standard InChI is InChI=1S/C24H33F2N5O2S/c1-27-8-10-31(11-9-29-15-21(14-28-2)34-22(25)26)23(32)33-20-12-24(13-20)17-30(18-24)16-19-6-4-3-5-7-19/h3-7,14-15,20,22,27H,2,8-13,16-18H2,1H3/b21-14+,29-15?. The molecule has 10 heteroatoms. The fourth-order valence-electron chi connectivity index (χ4n) is 4.48. The minimum absolute atomic E-state index is 0.0531. The van der Waals surface area contributed by atoms with Gasteiger partial charge in [-0.05, 0) is 32.2 Å². The topological polar surface area (TPSA) is 69.5 Å². The average Bonchev–Trinajstić information content (AvgIpc) is 2.76. The van der Waals surface area contributed by atoms with E-state index in [1.807, 2.05) is 13.1 Å². The number of hydrogen-bond acceptors (Lipinski definition) is 7. The monoisotopic (exact) mass is 493 g/mol. The molecule has 1 aliphatic carbocycles. The third kappa shape index (κ3) is 7.89. The Morgan fingerprint density at radius 3 is 2.74 bits per heavy atom. The van der Waals surface area contributed by atoms with Crippen molar-refractivity contribution < 1.29 is 18.3 Å². The van der Waals surface area contributed by atoms with Crippen LogP contribution in [0.4, 0.5) is 13.6 Å². The highest BCUT2D eigenvalue weighted by Crippen LogP contribution is 2.50. The molecule has 1 aromatic carbocycles. The molecule has 0 atom stereocenters. The largest absolute Gasteiger partial charge is 0.446 e. The van der Waals surface area contributed by atoms with Gasteiger partial charge in [-0.3, -0.25) is 14.9 Å². The molecular formula is C24H33F2N5O2S. The Kier molecular flexibility index (Phi) is 10.0. The molecule has 0 unspecified atom stereocenters. The normalized spacial score (nSPS) is 18.2. The first-order valence-corrected chi connectivity index (χ1v) is 12.3. The van der Waals surface area contributed by atoms with Crippen molar-refractivity contribution in [3.63, 3.8) is 0 Å². The van der Waals surface area contributed by atoms with Gasteiger partial charge >= 0.3 is 6.09 Å². The number of carbonyl (C=O) groups is 1. The molecule has 1 aromatic rings. The molecule has 1 amide bonds. The fraction of sp³-hybridized carbons (Fsp3) is 0.542. The number of nitrogens with one attached hydrogen (secondary N) is 1. The van der Waals surface area contributed by atoms with Crippen LogP contribution < -0.4 is 5.32 Å². The van der Waals surface area contributed by atoms with E-state index in [1.165, 1.54) is 18.0 Å². The number of carbonyl (C=O) groups excluding carboxylic acids is 1. The molecule has 2 fully saturated rings. The summed E-state index contributed by atoms with van der Waals surface area (Å²) in [7, 11) is 1.82. The van der Waals surface area contributed by atoms with Gasteiger partial charge in [-0.15, -0.1) is 0 Å². The lowest BCUT2D eigenvalue weighted by Gasteiger charge is -2.58. The van der Waals surface area contributed by atoms with Crippen molar-refractivity contribution in [1.82, 2.24) is 15.1 Å². The summed E-state index contributed by atoms with van der Waals surface area (Å²) in [4.78, 5) is 24.7. The summed E-state index contributed by atoms with van der Waals surface area (Å²) in [6.07, 6.45) is 3.96. The maximum Gasteiger partial charge on any atom is 0.410 e. The Bertz CT molecular complexity index is 854. The number of amides is 1. The van der Waals surface area contributed by atoms with Gasteiger partial charge in [0.1, 0.15) is 6.10 Å². The summed E-state index contributed by atoms with van der Waals surface area (Å²) in [5.74, 6) is -2.56. The third-order valence-electron chi connectivity index (χ3n) is 6.01. The fourth-order valence-corrected chi connectivity index (χ4v) is 4.96. The van der Waals surface area contributed by atoms with E-state index in [-0.39, 0.29) is 29.1 Å². The van der Waals surface area contributed by atoms with E-state index in [2.05, 4.69) is 51.2 Å². The first-order chi connectivity index (χ1) is 16.4. The number of ether oxygens (including phenoxy) is 1. The van der Waals surface area contributed by atoms with Crippen molar-refractivity contribution in [3.05, 3.63) is 47.0 Å². The Labute approximate surface area is 204 Å². The third-order valence-corrected chi connectivity index (χ3v) is 6.67. The van der Waals surface area contributed by atoms with E-state index in [4.69, 9.17) is 4.74 Å². The predicted octanol–water partition coefficient (Wildman–Crippen LogP) is 3.88. The molecule has 1 saturated heterocycles. The highest BCUT2D eigenvalue weighted by atomic mass is 32.2. The molecule has 1 spiro atoms. The van der Waals surface area contributed by atoms with E-state index in [1.54, 1.807) is 4.90 Å². The molecule has 7 nitrogen and oxygen atoms in total. The molecule has 0 bridgehead atoms. The second kappa shape index (κ2) is 13.0. The summed E-state index contributed by atoms with van der Waals surface area (Å²) in [5.41, 5.74) is 1.60. The van der Waals surface area contributed by atoms with E-state index in [0.717, 1.165) is 32.5 Å². The van der Waals surface area contributed by atoms with Crippen molar-refractivity contribution in [3.8, 4) is 0 Å². The van der Waals surface area contributed by atoms with Crippen molar-refractivity contribution in [2.75, 3.05) is 46.3 Å². The van der Waals surface area contributed by atoms with Crippen LogP contribution in [0.3, 0.4) is 0 Å². The predicted molar refractivity (Wildman–Crippen MR) is 134 cm³/mol. The van der Waals surface area contributed by atoms with E-state index in [9.17, 15) is 13.6 Å². The number of benzene rings is 1. The SMILES string of the molecule is C=N/C=C(\C=NCCN(CCNC)C(=O)OC1CC2(C1)CN(Cc1ccccc1)C2)SC(F)F. The molecule has 1 heterocycles. The molecule has 0 radical (unpaired) electrons. The molecule has 2 aliphatic rings. The lowest BCUT2D eigenvalue weighted by Crippen LogP contribution is -2.64. The molecule has 1 saturated carbocycles. The average molecular weight is 494 g/mol. The van der Waals surface area contributed by atoms with Gasteiger partial charge in [-0.25, -0.2) is 4.79 Å². The maximum atomic E-state index is 12.7. The Balaban J connectivity index is 1.40. The van der Waals surface area contributed by atoms with Gasteiger partial charge in [0.05, 0.1) is 6.54 Å². The number of hydrogen-bond donors (Lipinski definition) is 1. The van der Waals surface area contributed by atoms with Crippen molar-refractivity contribution in [2.45, 2.75) is 31.2 Å². The van der Waals surface area contributed by atoms with Gasteiger partial charge in [0.2, 0.25) is 0 Å². The van der Waals surface area contributed by atoms with E-state index in [0.29, 0.717) is 31.4 Å². The Morgan fingerprint density at radius 2 is 2.09 bits per heavy atom. The number of alkyl halides is 2. The highest BCUT2D eigenvalue weighted by molar-refractivity contribution is 8.04. The molecule has 34 heavy (non-hydrogen) atoms. The van der Waals surface area contributed by atoms with Crippen LogP contribution in [0.25, 0.3) is 0 Å². The zero-order valence-corrected chi connectivity index (χ0v) is 20.4. The van der Waals surface area contributed by atoms with E-state index >= 15 is 0 Å². The number of aliphatic imine (C=N–C) groups is 2. The molecule has 3 rings (SSSR count). The summed E-state index contributed by atoms with van der Waals surface area (Å²) in [6, 6.07) is 10.4. The van der Waals surface area contributed by atoms with Crippen LogP contribution in [-0.4, -0.2) is 87.0 Å². The molecular weight excluding hydrogens is 460 g/mol. The van der Waals surface area contributed by atoms with Crippen LogP contribution in [0.5, 0.6) is 0 Å². The van der Waals surface area contributed by atoms with Gasteiger partial charge in [0.15, 0.2) is 0 Å². The van der Waals surface area contributed by atoms with Crippen LogP contribution in [0.2, 0.25) is 0 Å². The highest BCUT2D eigenvalue weighted by Gasteiger charge is 2.53. The van der Waals surface area contributed by atoms with Gasteiger partial charge in [-0.1, -0.05) is 42.1 Å². The smallest absolute Gasteiger partial charge is 0.410 e. The van der Waals surface area contributed by atoms with Crippen LogP contribution in [-0.2, 0) is 11.3 Å². The Morgan fingerprint density at radius 1 is 1.35 bits per heavy atom. The second-order valence-corrected chi connectivity index (χ2v) is 9.83. The van der Waals surface area contributed by atoms with Gasteiger partial charge in [0, 0.05) is 62.0 Å². The molecule has 1 N–H and O–H groups in total. The minimum Gasteiger partial charge on any atom is -0.446 e. The summed E-state index contributed by atoms with van der Waals surface area (Å²) in [6.45, 7) is 8.04. The molecule has 186 valence electrons. The number of halogens is 2. The minimum atomic E-state index is -2.56. The van der Waals surface area contributed by atoms with E-state index < -0.39 is 5.76 Å². The maximum absolute atomic E-state index is 12.7. The second-order valence-electron chi connectivity index (χ2n) is 8.76. The number of likely N-dealkylation sites (tertiary alicyclic amines) is 1. The van der Waals surface area contributed by atoms with Crippen LogP contribution in [0.1, 0.15) is 18.4 Å². The molecule has 0 aromatic heterocycles. The lowest BCUT2D eigenvalue weighted by atomic mass is 9.61. The number of nitrogens with zero attached hydrogens (tertiary/aromatic N) is 4. The number of thioether (sulfide) groups is 1. The first-order valence-electron chi connectivity index (χ1n) is 11.4. The summed E-state index contributed by atoms with van der Waals surface area (Å²) >= 11 is 0.356. The quantitative estimate of drug-likeness (QED) is 0.423.